The van der Waals surface area contributed by atoms with Gasteiger partial charge >= 0.3 is 0 Å². The maximum Gasteiger partial charge on any atom is 0.243 e. The number of nitrogens with one attached hydrogen (secondary N) is 1. The molecule has 0 saturated carbocycles. The van der Waals surface area contributed by atoms with Crippen molar-refractivity contribution in [3.63, 3.8) is 0 Å². The zero-order chi connectivity index (χ0) is 18.3. The summed E-state index contributed by atoms with van der Waals surface area (Å²) in [5, 5.41) is 1.20. The monoisotopic (exact) mass is 366 g/mol. The van der Waals surface area contributed by atoms with Gasteiger partial charge in [-0.15, -0.1) is 0 Å². The van der Waals surface area contributed by atoms with Gasteiger partial charge in [-0.25, -0.2) is 8.42 Å². The van der Waals surface area contributed by atoms with Crippen molar-refractivity contribution in [2.75, 3.05) is 13.1 Å². The quantitative estimate of drug-likeness (QED) is 0.753. The third-order valence-corrected chi connectivity index (χ3v) is 7.12. The Hall–Kier alpha value is -2.37. The number of H-pyrrole nitrogens is 1. The van der Waals surface area contributed by atoms with Crippen molar-refractivity contribution >= 4 is 26.5 Å². The van der Waals surface area contributed by atoms with E-state index in [4.69, 9.17) is 0 Å². The molecule has 0 spiro atoms. The van der Waals surface area contributed by atoms with Crippen molar-refractivity contribution in [3.8, 4) is 0 Å². The molecule has 0 radical (unpaired) electrons. The van der Waals surface area contributed by atoms with Gasteiger partial charge in [-0.05, 0) is 43.5 Å². The number of aryl methyl sites for hydroxylation is 2. The van der Waals surface area contributed by atoms with Crippen molar-refractivity contribution in [2.45, 2.75) is 25.2 Å². The van der Waals surface area contributed by atoms with Crippen molar-refractivity contribution in [1.82, 2.24) is 9.29 Å². The van der Waals surface area contributed by atoms with E-state index in [-0.39, 0.29) is 0 Å². The number of rotatable bonds is 3. The molecular formula is C21H22N2O2S. The first-order valence-electron chi connectivity index (χ1n) is 8.81. The molecule has 0 unspecified atom stereocenters. The van der Waals surface area contributed by atoms with Crippen LogP contribution in [0.15, 0.2) is 59.5 Å². The highest BCUT2D eigenvalue weighted by Gasteiger charge is 2.28. The lowest BCUT2D eigenvalue weighted by Crippen LogP contribution is -2.35. The molecule has 2 heterocycles. The zero-order valence-electron chi connectivity index (χ0n) is 15.0. The lowest BCUT2D eigenvalue weighted by atomic mass is 9.97. The van der Waals surface area contributed by atoms with Crippen molar-refractivity contribution < 1.29 is 8.42 Å². The molecule has 0 bridgehead atoms. The first-order valence-corrected chi connectivity index (χ1v) is 10.2. The van der Waals surface area contributed by atoms with E-state index in [0.29, 0.717) is 24.4 Å². The SMILES string of the molecule is Cc1ccccc1S(=O)(=O)N1CC=C(c2c(C)[nH]c3ccccc23)CC1. The number of fused-ring (bicyclic) bond motifs is 1. The minimum Gasteiger partial charge on any atom is -0.358 e. The molecular weight excluding hydrogens is 344 g/mol. The molecule has 0 saturated heterocycles. The van der Waals surface area contributed by atoms with Crippen molar-refractivity contribution in [3.05, 3.63) is 71.4 Å². The van der Waals surface area contributed by atoms with Crippen LogP contribution in [0.1, 0.15) is 23.2 Å². The van der Waals surface area contributed by atoms with Crippen molar-refractivity contribution in [1.29, 1.82) is 0 Å². The number of sulfonamides is 1. The lowest BCUT2D eigenvalue weighted by Gasteiger charge is -2.26. The summed E-state index contributed by atoms with van der Waals surface area (Å²) in [7, 11) is -3.46. The van der Waals surface area contributed by atoms with Crippen LogP contribution in [0.25, 0.3) is 16.5 Å². The number of hydrogen-bond donors (Lipinski definition) is 1. The summed E-state index contributed by atoms with van der Waals surface area (Å²) >= 11 is 0. The van der Waals surface area contributed by atoms with Crippen molar-refractivity contribution in [2.24, 2.45) is 0 Å². The van der Waals surface area contributed by atoms with Crippen LogP contribution in [-0.4, -0.2) is 30.8 Å². The zero-order valence-corrected chi connectivity index (χ0v) is 15.8. The van der Waals surface area contributed by atoms with Gasteiger partial charge in [0, 0.05) is 35.2 Å². The van der Waals surface area contributed by atoms with Crippen LogP contribution in [0.5, 0.6) is 0 Å². The number of hydrogen-bond acceptors (Lipinski definition) is 2. The summed E-state index contributed by atoms with van der Waals surface area (Å²) in [6.07, 6.45) is 2.77. The van der Waals surface area contributed by atoms with Gasteiger partial charge in [0.05, 0.1) is 4.90 Å². The average molecular weight is 366 g/mol. The van der Waals surface area contributed by atoms with Crippen LogP contribution in [0.3, 0.4) is 0 Å². The summed E-state index contributed by atoms with van der Waals surface area (Å²) in [4.78, 5) is 3.83. The first-order chi connectivity index (χ1) is 12.5. The average Bonchev–Trinajstić information content (AvgIpc) is 2.98. The fourth-order valence-corrected chi connectivity index (χ4v) is 5.38. The summed E-state index contributed by atoms with van der Waals surface area (Å²) in [5.74, 6) is 0. The molecule has 0 atom stereocenters. The summed E-state index contributed by atoms with van der Waals surface area (Å²) in [6, 6.07) is 15.4. The van der Waals surface area contributed by atoms with Gasteiger partial charge in [-0.1, -0.05) is 42.5 Å². The summed E-state index contributed by atoms with van der Waals surface area (Å²) < 4.78 is 27.5. The Labute approximate surface area is 154 Å². The second-order valence-electron chi connectivity index (χ2n) is 6.78. The number of aromatic nitrogens is 1. The number of para-hydroxylation sites is 1. The molecule has 0 fully saturated rings. The molecule has 5 heteroatoms. The smallest absolute Gasteiger partial charge is 0.243 e. The third-order valence-electron chi connectivity index (χ3n) is 5.10. The highest BCUT2D eigenvalue weighted by molar-refractivity contribution is 7.89. The van der Waals surface area contributed by atoms with E-state index in [2.05, 4.69) is 30.1 Å². The fourth-order valence-electron chi connectivity index (χ4n) is 3.77. The summed E-state index contributed by atoms with van der Waals surface area (Å²) in [6.45, 7) is 4.83. The Morgan fingerprint density at radius 3 is 2.46 bits per heavy atom. The standard InChI is InChI=1S/C21H22N2O2S/c1-15-7-3-6-10-20(15)26(24,25)23-13-11-17(12-14-23)21-16(2)22-19-9-5-4-8-18(19)21/h3-11,22H,12-14H2,1-2H3. The second-order valence-corrected chi connectivity index (χ2v) is 8.68. The highest BCUT2D eigenvalue weighted by Crippen LogP contribution is 2.33. The van der Waals surface area contributed by atoms with E-state index < -0.39 is 10.0 Å². The predicted molar refractivity (Wildman–Crippen MR) is 106 cm³/mol. The molecule has 26 heavy (non-hydrogen) atoms. The Morgan fingerprint density at radius 1 is 1.00 bits per heavy atom. The molecule has 1 aromatic heterocycles. The van der Waals surface area contributed by atoms with E-state index in [1.807, 2.05) is 31.2 Å². The van der Waals surface area contributed by atoms with Gasteiger partial charge in [-0.2, -0.15) is 4.31 Å². The number of benzene rings is 2. The minimum atomic E-state index is -3.46. The fraction of sp³-hybridized carbons (Fsp3) is 0.238. The van der Waals surface area contributed by atoms with Crippen LogP contribution in [0, 0.1) is 13.8 Å². The van der Waals surface area contributed by atoms with Gasteiger partial charge in [0.2, 0.25) is 10.0 Å². The van der Waals surface area contributed by atoms with Gasteiger partial charge in [0.15, 0.2) is 0 Å². The molecule has 134 valence electrons. The molecule has 4 nitrogen and oxygen atoms in total. The molecule has 1 aliphatic rings. The van der Waals surface area contributed by atoms with Gasteiger partial charge in [0.1, 0.15) is 0 Å². The van der Waals surface area contributed by atoms with Crippen LogP contribution < -0.4 is 0 Å². The Morgan fingerprint density at radius 2 is 1.73 bits per heavy atom. The third kappa shape index (κ3) is 2.77. The van der Waals surface area contributed by atoms with Gasteiger partial charge < -0.3 is 4.98 Å². The largest absolute Gasteiger partial charge is 0.358 e. The maximum absolute atomic E-state index is 13.0. The topological polar surface area (TPSA) is 53.2 Å². The van der Waals surface area contributed by atoms with E-state index in [0.717, 1.165) is 16.8 Å². The lowest BCUT2D eigenvalue weighted by molar-refractivity contribution is 0.441. The molecule has 2 aromatic carbocycles. The second kappa shape index (κ2) is 6.41. The Bertz CT molecular complexity index is 1110. The molecule has 0 amide bonds. The Kier molecular flexibility index (Phi) is 4.21. The van der Waals surface area contributed by atoms with Crippen LogP contribution >= 0.6 is 0 Å². The maximum atomic E-state index is 13.0. The molecule has 1 aliphatic heterocycles. The van der Waals surface area contributed by atoms with E-state index in [1.54, 1.807) is 16.4 Å². The van der Waals surface area contributed by atoms with Crippen LogP contribution in [0.2, 0.25) is 0 Å². The molecule has 4 rings (SSSR count). The summed E-state index contributed by atoms with van der Waals surface area (Å²) in [5.41, 5.74) is 5.47. The Balaban J connectivity index is 1.67. The molecule has 1 N–H and O–H groups in total. The first kappa shape index (κ1) is 17.1. The predicted octanol–water partition coefficient (Wildman–Crippen LogP) is 4.26. The van der Waals surface area contributed by atoms with Gasteiger partial charge in [-0.3, -0.25) is 0 Å². The van der Waals surface area contributed by atoms with Crippen LogP contribution in [0.4, 0.5) is 0 Å². The van der Waals surface area contributed by atoms with E-state index in [9.17, 15) is 8.42 Å². The molecule has 3 aromatic rings. The molecule has 0 aliphatic carbocycles. The van der Waals surface area contributed by atoms with E-state index >= 15 is 0 Å². The number of aromatic amines is 1. The van der Waals surface area contributed by atoms with E-state index in [1.165, 1.54) is 16.5 Å². The van der Waals surface area contributed by atoms with Crippen LogP contribution in [-0.2, 0) is 10.0 Å². The van der Waals surface area contributed by atoms with Gasteiger partial charge in [0.25, 0.3) is 0 Å². The normalized spacial score (nSPS) is 16.0. The minimum absolute atomic E-state index is 0.403. The number of nitrogens with zero attached hydrogens (tertiary/aromatic N) is 1. The highest BCUT2D eigenvalue weighted by atomic mass is 32.2.